The topological polar surface area (TPSA) is 54.5 Å². The Bertz CT molecular complexity index is 978. The summed E-state index contributed by atoms with van der Waals surface area (Å²) in [6, 6.07) is 16.5. The summed E-state index contributed by atoms with van der Waals surface area (Å²) in [7, 11) is 0. The van der Waals surface area contributed by atoms with E-state index < -0.39 is 0 Å². The van der Waals surface area contributed by atoms with E-state index in [-0.39, 0.29) is 12.3 Å². The van der Waals surface area contributed by atoms with Gasteiger partial charge in [0, 0.05) is 36.3 Å². The van der Waals surface area contributed by atoms with Crippen LogP contribution in [0.25, 0.3) is 10.6 Å². The van der Waals surface area contributed by atoms with Gasteiger partial charge in [0.2, 0.25) is 5.91 Å². The van der Waals surface area contributed by atoms with Gasteiger partial charge in [0.1, 0.15) is 5.01 Å². The summed E-state index contributed by atoms with van der Waals surface area (Å²) in [5, 5.41) is 5.94. The minimum atomic E-state index is -0.0447. The highest BCUT2D eigenvalue weighted by Gasteiger charge is 2.12. The van der Waals surface area contributed by atoms with Crippen LogP contribution in [0.1, 0.15) is 23.7 Å². The number of carbonyl (C=O) groups is 1. The Balaban J connectivity index is 1.34. The number of hydrogen-bond acceptors (Lipinski definition) is 5. The molecular formula is C24H27N3O2S. The Morgan fingerprint density at radius 3 is 2.70 bits per heavy atom. The zero-order valence-corrected chi connectivity index (χ0v) is 18.1. The van der Waals surface area contributed by atoms with E-state index in [0.29, 0.717) is 0 Å². The van der Waals surface area contributed by atoms with Gasteiger partial charge in [0.05, 0.1) is 25.3 Å². The van der Waals surface area contributed by atoms with Gasteiger partial charge >= 0.3 is 0 Å². The zero-order valence-electron chi connectivity index (χ0n) is 17.3. The Kier molecular flexibility index (Phi) is 6.89. The van der Waals surface area contributed by atoms with E-state index in [4.69, 9.17) is 4.74 Å². The molecule has 2 aromatic carbocycles. The second-order valence-corrected chi connectivity index (χ2v) is 8.37. The smallest absolute Gasteiger partial charge is 0.230 e. The van der Waals surface area contributed by atoms with Gasteiger partial charge in [-0.15, -0.1) is 11.3 Å². The van der Waals surface area contributed by atoms with Crippen LogP contribution in [0.3, 0.4) is 0 Å². The van der Waals surface area contributed by atoms with Crippen molar-refractivity contribution >= 4 is 22.9 Å². The molecule has 1 aliphatic heterocycles. The first-order valence-electron chi connectivity index (χ1n) is 10.4. The van der Waals surface area contributed by atoms with Crippen molar-refractivity contribution in [2.75, 3.05) is 31.6 Å². The Morgan fingerprint density at radius 1 is 1.13 bits per heavy atom. The van der Waals surface area contributed by atoms with Crippen molar-refractivity contribution in [3.05, 3.63) is 70.7 Å². The quantitative estimate of drug-likeness (QED) is 0.615. The third-order valence-electron chi connectivity index (χ3n) is 5.22. The SMILES string of the molecule is CCc1ccc(-c2nc(CC(=O)Nc3cccc(CN4CCOCC4)c3)cs2)cc1. The average molecular weight is 422 g/mol. The number of thiazole rings is 1. The van der Waals surface area contributed by atoms with Gasteiger partial charge in [-0.1, -0.05) is 43.3 Å². The molecule has 2 heterocycles. The van der Waals surface area contributed by atoms with Crippen molar-refractivity contribution < 1.29 is 9.53 Å². The van der Waals surface area contributed by atoms with Gasteiger partial charge in [-0.05, 0) is 29.7 Å². The molecular weight excluding hydrogens is 394 g/mol. The van der Waals surface area contributed by atoms with Crippen molar-refractivity contribution in [2.45, 2.75) is 26.3 Å². The Labute approximate surface area is 181 Å². The van der Waals surface area contributed by atoms with Gasteiger partial charge < -0.3 is 10.1 Å². The molecule has 6 heteroatoms. The Morgan fingerprint density at radius 2 is 1.93 bits per heavy atom. The highest BCUT2D eigenvalue weighted by molar-refractivity contribution is 7.13. The molecule has 156 valence electrons. The number of morpholine rings is 1. The summed E-state index contributed by atoms with van der Waals surface area (Å²) >= 11 is 1.58. The lowest BCUT2D eigenvalue weighted by Gasteiger charge is -2.26. The minimum Gasteiger partial charge on any atom is -0.379 e. The van der Waals surface area contributed by atoms with E-state index in [1.807, 2.05) is 17.5 Å². The van der Waals surface area contributed by atoms with Gasteiger partial charge in [-0.25, -0.2) is 4.98 Å². The summed E-state index contributed by atoms with van der Waals surface area (Å²) in [6.45, 7) is 6.49. The number of nitrogens with one attached hydrogen (secondary N) is 1. The maximum absolute atomic E-state index is 12.5. The molecule has 30 heavy (non-hydrogen) atoms. The lowest BCUT2D eigenvalue weighted by Crippen LogP contribution is -2.35. The van der Waals surface area contributed by atoms with E-state index >= 15 is 0 Å². The second kappa shape index (κ2) is 9.98. The molecule has 1 amide bonds. The molecule has 0 unspecified atom stereocenters. The molecule has 0 aliphatic carbocycles. The van der Waals surface area contributed by atoms with Gasteiger partial charge in [0.15, 0.2) is 0 Å². The number of hydrogen-bond donors (Lipinski definition) is 1. The summed E-state index contributed by atoms with van der Waals surface area (Å²) in [4.78, 5) is 19.6. The number of benzene rings is 2. The lowest BCUT2D eigenvalue weighted by atomic mass is 10.1. The third-order valence-corrected chi connectivity index (χ3v) is 6.16. The highest BCUT2D eigenvalue weighted by atomic mass is 32.1. The second-order valence-electron chi connectivity index (χ2n) is 7.51. The zero-order chi connectivity index (χ0) is 20.8. The predicted molar refractivity (Wildman–Crippen MR) is 122 cm³/mol. The molecule has 1 N–H and O–H groups in total. The number of ether oxygens (including phenoxy) is 1. The fourth-order valence-electron chi connectivity index (χ4n) is 3.54. The van der Waals surface area contributed by atoms with Crippen molar-refractivity contribution in [1.29, 1.82) is 0 Å². The largest absolute Gasteiger partial charge is 0.379 e. The van der Waals surface area contributed by atoms with Crippen LogP contribution in [0.2, 0.25) is 0 Å². The average Bonchev–Trinajstić information content (AvgIpc) is 3.23. The van der Waals surface area contributed by atoms with Crippen LogP contribution >= 0.6 is 11.3 Å². The molecule has 0 atom stereocenters. The first-order valence-corrected chi connectivity index (χ1v) is 11.3. The van der Waals surface area contributed by atoms with Gasteiger partial charge in [-0.2, -0.15) is 0 Å². The van der Waals surface area contributed by atoms with Crippen molar-refractivity contribution in [2.24, 2.45) is 0 Å². The summed E-state index contributed by atoms with van der Waals surface area (Å²) in [5.74, 6) is -0.0447. The summed E-state index contributed by atoms with van der Waals surface area (Å²) < 4.78 is 5.41. The predicted octanol–water partition coefficient (Wildman–Crippen LogP) is 4.39. The first-order chi connectivity index (χ1) is 14.7. The minimum absolute atomic E-state index is 0.0447. The maximum atomic E-state index is 12.5. The standard InChI is InChI=1S/C24H27N3O2S/c1-2-18-6-8-20(9-7-18)24-26-22(17-30-24)15-23(28)25-21-5-3-4-19(14-21)16-27-10-12-29-13-11-27/h3-9,14,17H,2,10-13,15-16H2,1H3,(H,25,28). The maximum Gasteiger partial charge on any atom is 0.230 e. The normalized spacial score (nSPS) is 14.6. The van der Waals surface area contributed by atoms with E-state index in [0.717, 1.165) is 61.2 Å². The monoisotopic (exact) mass is 421 g/mol. The van der Waals surface area contributed by atoms with Crippen LogP contribution in [0.4, 0.5) is 5.69 Å². The van der Waals surface area contributed by atoms with E-state index in [1.165, 1.54) is 11.1 Å². The number of carbonyl (C=O) groups excluding carboxylic acids is 1. The van der Waals surface area contributed by atoms with Gasteiger partial charge in [0.25, 0.3) is 0 Å². The molecule has 0 spiro atoms. The van der Waals surface area contributed by atoms with E-state index in [2.05, 4.69) is 58.5 Å². The molecule has 1 aliphatic rings. The first kappa shape index (κ1) is 20.7. The molecule has 5 nitrogen and oxygen atoms in total. The fourth-order valence-corrected chi connectivity index (χ4v) is 4.36. The molecule has 1 fully saturated rings. The van der Waals surface area contributed by atoms with Crippen molar-refractivity contribution in [1.82, 2.24) is 9.88 Å². The van der Waals surface area contributed by atoms with Crippen LogP contribution in [0, 0.1) is 0 Å². The number of anilines is 1. The summed E-state index contributed by atoms with van der Waals surface area (Å²) in [5.41, 5.74) is 5.24. The van der Waals surface area contributed by atoms with Crippen molar-refractivity contribution in [3.8, 4) is 10.6 Å². The van der Waals surface area contributed by atoms with Gasteiger partial charge in [-0.3, -0.25) is 9.69 Å². The number of amides is 1. The highest BCUT2D eigenvalue weighted by Crippen LogP contribution is 2.24. The fraction of sp³-hybridized carbons (Fsp3) is 0.333. The van der Waals surface area contributed by atoms with Crippen LogP contribution in [0.15, 0.2) is 53.9 Å². The number of aryl methyl sites for hydroxylation is 1. The molecule has 1 aromatic heterocycles. The summed E-state index contributed by atoms with van der Waals surface area (Å²) in [6.07, 6.45) is 1.30. The van der Waals surface area contributed by atoms with Crippen molar-refractivity contribution in [3.63, 3.8) is 0 Å². The molecule has 1 saturated heterocycles. The van der Waals surface area contributed by atoms with Crippen LogP contribution in [-0.4, -0.2) is 42.1 Å². The van der Waals surface area contributed by atoms with Crippen LogP contribution in [-0.2, 0) is 28.9 Å². The number of aromatic nitrogens is 1. The molecule has 3 aromatic rings. The number of nitrogens with zero attached hydrogens (tertiary/aromatic N) is 2. The van der Waals surface area contributed by atoms with E-state index in [1.54, 1.807) is 11.3 Å². The molecule has 0 radical (unpaired) electrons. The number of rotatable bonds is 7. The lowest BCUT2D eigenvalue weighted by molar-refractivity contribution is -0.115. The molecule has 4 rings (SSSR count). The van der Waals surface area contributed by atoms with Crippen LogP contribution in [0.5, 0.6) is 0 Å². The molecule has 0 saturated carbocycles. The molecule has 0 bridgehead atoms. The third kappa shape index (κ3) is 5.53. The Hall–Kier alpha value is -2.54. The van der Waals surface area contributed by atoms with E-state index in [9.17, 15) is 4.79 Å². The van der Waals surface area contributed by atoms with Crippen LogP contribution < -0.4 is 5.32 Å².